The standard InChI is InChI=1S/C20H20F3N3O2S/c1-2-29-17-13-14(7-8-24-17)18(27)25-9-11-26(12-10-25)19(28)15-5-3-4-6-16(15)20(21,22)23/h3-8,13H,2,9-12H2,1H3. The highest BCUT2D eigenvalue weighted by atomic mass is 32.2. The summed E-state index contributed by atoms with van der Waals surface area (Å²) in [6.45, 7) is 2.87. The van der Waals surface area contributed by atoms with Gasteiger partial charge in [0.25, 0.3) is 11.8 Å². The van der Waals surface area contributed by atoms with Crippen molar-refractivity contribution in [3.05, 3.63) is 59.3 Å². The van der Waals surface area contributed by atoms with Gasteiger partial charge in [-0.15, -0.1) is 11.8 Å². The van der Waals surface area contributed by atoms with Gasteiger partial charge in [-0.1, -0.05) is 19.1 Å². The zero-order chi connectivity index (χ0) is 21.0. The van der Waals surface area contributed by atoms with Crippen LogP contribution in [-0.4, -0.2) is 58.5 Å². The molecule has 0 bridgehead atoms. The van der Waals surface area contributed by atoms with E-state index in [0.29, 0.717) is 5.56 Å². The van der Waals surface area contributed by atoms with Crippen molar-refractivity contribution in [2.45, 2.75) is 18.1 Å². The average molecular weight is 423 g/mol. The summed E-state index contributed by atoms with van der Waals surface area (Å²) in [7, 11) is 0. The van der Waals surface area contributed by atoms with Gasteiger partial charge in [0, 0.05) is 37.9 Å². The van der Waals surface area contributed by atoms with Crippen molar-refractivity contribution in [2.24, 2.45) is 0 Å². The van der Waals surface area contributed by atoms with Gasteiger partial charge >= 0.3 is 6.18 Å². The first-order chi connectivity index (χ1) is 13.8. The van der Waals surface area contributed by atoms with Gasteiger partial charge in [0.05, 0.1) is 16.2 Å². The Kier molecular flexibility index (Phi) is 6.46. The van der Waals surface area contributed by atoms with Crippen molar-refractivity contribution in [3.63, 3.8) is 0 Å². The Morgan fingerprint density at radius 2 is 1.66 bits per heavy atom. The lowest BCUT2D eigenvalue weighted by Crippen LogP contribution is -2.50. The van der Waals surface area contributed by atoms with Crippen molar-refractivity contribution in [1.82, 2.24) is 14.8 Å². The Labute approximate surface area is 170 Å². The van der Waals surface area contributed by atoms with Crippen LogP contribution in [0, 0.1) is 0 Å². The van der Waals surface area contributed by atoms with Gasteiger partial charge in [0.15, 0.2) is 0 Å². The molecule has 2 amide bonds. The number of benzene rings is 1. The number of amides is 2. The summed E-state index contributed by atoms with van der Waals surface area (Å²) < 4.78 is 39.6. The van der Waals surface area contributed by atoms with Gasteiger partial charge in [-0.25, -0.2) is 4.98 Å². The number of aromatic nitrogens is 1. The molecule has 29 heavy (non-hydrogen) atoms. The molecule has 9 heteroatoms. The monoisotopic (exact) mass is 423 g/mol. The Bertz CT molecular complexity index is 897. The van der Waals surface area contributed by atoms with Crippen LogP contribution in [0.3, 0.4) is 0 Å². The average Bonchev–Trinajstić information content (AvgIpc) is 2.73. The second-order valence-electron chi connectivity index (χ2n) is 6.44. The Hall–Kier alpha value is -2.55. The molecule has 0 aliphatic carbocycles. The lowest BCUT2D eigenvalue weighted by Gasteiger charge is -2.35. The van der Waals surface area contributed by atoms with E-state index in [1.807, 2.05) is 6.92 Å². The van der Waals surface area contributed by atoms with Crippen molar-refractivity contribution >= 4 is 23.6 Å². The minimum Gasteiger partial charge on any atom is -0.335 e. The third-order valence-corrected chi connectivity index (χ3v) is 5.40. The topological polar surface area (TPSA) is 53.5 Å². The van der Waals surface area contributed by atoms with Crippen molar-refractivity contribution in [1.29, 1.82) is 0 Å². The lowest BCUT2D eigenvalue weighted by molar-refractivity contribution is -0.138. The molecule has 154 valence electrons. The minimum atomic E-state index is -4.60. The molecule has 0 N–H and O–H groups in total. The molecule has 0 saturated carbocycles. The lowest BCUT2D eigenvalue weighted by atomic mass is 10.1. The van der Waals surface area contributed by atoms with E-state index in [9.17, 15) is 22.8 Å². The van der Waals surface area contributed by atoms with Crippen LogP contribution < -0.4 is 0 Å². The number of carbonyl (C=O) groups excluding carboxylic acids is 2. The van der Waals surface area contributed by atoms with E-state index in [1.165, 1.54) is 34.9 Å². The number of thioether (sulfide) groups is 1. The Morgan fingerprint density at radius 3 is 2.28 bits per heavy atom. The summed E-state index contributed by atoms with van der Waals surface area (Å²) in [4.78, 5) is 32.5. The molecular weight excluding hydrogens is 403 g/mol. The maximum Gasteiger partial charge on any atom is 0.417 e. The number of pyridine rings is 1. The fraction of sp³-hybridized carbons (Fsp3) is 0.350. The number of halogens is 3. The number of hydrogen-bond acceptors (Lipinski definition) is 4. The third kappa shape index (κ3) is 4.90. The number of alkyl halides is 3. The SMILES string of the molecule is CCSc1cc(C(=O)N2CCN(C(=O)c3ccccc3C(F)(F)F)CC2)ccn1. The highest BCUT2D eigenvalue weighted by Crippen LogP contribution is 2.32. The molecule has 1 aliphatic heterocycles. The van der Waals surface area contributed by atoms with Crippen LogP contribution in [-0.2, 0) is 6.18 Å². The van der Waals surface area contributed by atoms with E-state index >= 15 is 0 Å². The van der Waals surface area contributed by atoms with Crippen molar-refractivity contribution < 1.29 is 22.8 Å². The van der Waals surface area contributed by atoms with E-state index in [0.717, 1.165) is 16.8 Å². The summed E-state index contributed by atoms with van der Waals surface area (Å²) in [6, 6.07) is 8.13. The summed E-state index contributed by atoms with van der Waals surface area (Å²) in [6.07, 6.45) is -3.02. The molecule has 0 radical (unpaired) electrons. The predicted molar refractivity (Wildman–Crippen MR) is 104 cm³/mol. The molecule has 0 atom stereocenters. The normalized spacial score (nSPS) is 14.8. The largest absolute Gasteiger partial charge is 0.417 e. The Balaban J connectivity index is 1.67. The first-order valence-electron chi connectivity index (χ1n) is 9.15. The van der Waals surface area contributed by atoms with Gasteiger partial charge in [-0.2, -0.15) is 13.2 Å². The van der Waals surface area contributed by atoms with E-state index in [-0.39, 0.29) is 37.6 Å². The molecule has 1 aliphatic rings. The highest BCUT2D eigenvalue weighted by Gasteiger charge is 2.36. The van der Waals surface area contributed by atoms with Gasteiger partial charge in [0.1, 0.15) is 0 Å². The quantitative estimate of drug-likeness (QED) is 0.702. The first-order valence-corrected chi connectivity index (χ1v) is 10.1. The molecular formula is C20H20F3N3O2S. The molecule has 0 spiro atoms. The number of hydrogen-bond donors (Lipinski definition) is 0. The van der Waals surface area contributed by atoms with E-state index in [4.69, 9.17) is 0 Å². The van der Waals surface area contributed by atoms with Crippen LogP contribution in [0.5, 0.6) is 0 Å². The molecule has 1 saturated heterocycles. The van der Waals surface area contributed by atoms with Crippen molar-refractivity contribution in [3.8, 4) is 0 Å². The third-order valence-electron chi connectivity index (χ3n) is 4.59. The summed E-state index contributed by atoms with van der Waals surface area (Å²) in [5, 5.41) is 0.760. The van der Waals surface area contributed by atoms with E-state index in [1.54, 1.807) is 23.2 Å². The van der Waals surface area contributed by atoms with Crippen LogP contribution in [0.15, 0.2) is 47.6 Å². The zero-order valence-corrected chi connectivity index (χ0v) is 16.6. The van der Waals surface area contributed by atoms with Crippen LogP contribution in [0.2, 0.25) is 0 Å². The second-order valence-corrected chi connectivity index (χ2v) is 7.73. The smallest absolute Gasteiger partial charge is 0.335 e. The summed E-state index contributed by atoms with van der Waals surface area (Å²) in [5.74, 6) is -0.00566. The fourth-order valence-corrected chi connectivity index (χ4v) is 3.79. The number of carbonyl (C=O) groups is 2. The first kappa shape index (κ1) is 21.2. The number of nitrogens with zero attached hydrogens (tertiary/aromatic N) is 3. The number of rotatable bonds is 4. The van der Waals surface area contributed by atoms with Gasteiger partial charge in [0.2, 0.25) is 0 Å². The summed E-state index contributed by atoms with van der Waals surface area (Å²) >= 11 is 1.53. The second kappa shape index (κ2) is 8.86. The molecule has 1 aromatic heterocycles. The van der Waals surface area contributed by atoms with Gasteiger partial charge in [-0.05, 0) is 30.0 Å². The molecule has 2 aromatic rings. The maximum absolute atomic E-state index is 13.2. The van der Waals surface area contributed by atoms with Crippen molar-refractivity contribution in [2.75, 3.05) is 31.9 Å². The van der Waals surface area contributed by atoms with Gasteiger partial charge < -0.3 is 9.80 Å². The maximum atomic E-state index is 13.2. The molecule has 3 rings (SSSR count). The molecule has 5 nitrogen and oxygen atoms in total. The molecule has 2 heterocycles. The number of piperazine rings is 1. The van der Waals surface area contributed by atoms with E-state index < -0.39 is 17.6 Å². The van der Waals surface area contributed by atoms with Crippen LogP contribution >= 0.6 is 11.8 Å². The zero-order valence-electron chi connectivity index (χ0n) is 15.8. The highest BCUT2D eigenvalue weighted by molar-refractivity contribution is 7.99. The molecule has 1 fully saturated rings. The van der Waals surface area contributed by atoms with Crippen LogP contribution in [0.1, 0.15) is 33.2 Å². The molecule has 0 unspecified atom stereocenters. The van der Waals surface area contributed by atoms with Crippen LogP contribution in [0.4, 0.5) is 13.2 Å². The van der Waals surface area contributed by atoms with Gasteiger partial charge in [-0.3, -0.25) is 9.59 Å². The summed E-state index contributed by atoms with van der Waals surface area (Å²) in [5.41, 5.74) is -0.797. The molecule has 1 aromatic carbocycles. The fourth-order valence-electron chi connectivity index (χ4n) is 3.15. The minimum absolute atomic E-state index is 0.173. The predicted octanol–water partition coefficient (Wildman–Crippen LogP) is 3.81. The Morgan fingerprint density at radius 1 is 1.03 bits per heavy atom. The van der Waals surface area contributed by atoms with Crippen LogP contribution in [0.25, 0.3) is 0 Å². The van der Waals surface area contributed by atoms with E-state index in [2.05, 4.69) is 4.98 Å².